The van der Waals surface area contributed by atoms with Crippen molar-refractivity contribution in [2.75, 3.05) is 5.73 Å². The zero-order valence-corrected chi connectivity index (χ0v) is 10.8. The molecule has 0 radical (unpaired) electrons. The molecule has 6 heteroatoms. The van der Waals surface area contributed by atoms with Crippen LogP contribution in [0.2, 0.25) is 5.02 Å². The van der Waals surface area contributed by atoms with Crippen LogP contribution in [0.4, 0.5) is 14.6 Å². The van der Waals surface area contributed by atoms with Crippen molar-refractivity contribution in [2.45, 2.75) is 13.0 Å². The minimum atomic E-state index is -0.797. The zero-order valence-electron chi connectivity index (χ0n) is 10.0. The molecule has 19 heavy (non-hydrogen) atoms. The van der Waals surface area contributed by atoms with E-state index in [0.29, 0.717) is 0 Å². The van der Waals surface area contributed by atoms with Gasteiger partial charge in [0.1, 0.15) is 17.7 Å². The number of nitrogens with zero attached hydrogens (tertiary/aromatic N) is 1. The Morgan fingerprint density at radius 2 is 1.95 bits per heavy atom. The average Bonchev–Trinajstić information content (AvgIpc) is 2.37. The fourth-order valence-electron chi connectivity index (χ4n) is 1.67. The Hall–Kier alpha value is -1.88. The van der Waals surface area contributed by atoms with Crippen molar-refractivity contribution in [1.82, 2.24) is 4.98 Å². The Kier molecular flexibility index (Phi) is 3.85. The number of aromatic nitrogens is 1. The molecule has 1 aromatic heterocycles. The smallest absolute Gasteiger partial charge is 0.166 e. The Labute approximate surface area is 114 Å². The predicted octanol–water partition coefficient (Wildman–Crippen LogP) is 3.74. The van der Waals surface area contributed by atoms with E-state index in [-0.39, 0.29) is 22.2 Å². The number of rotatable bonds is 3. The molecule has 2 aromatic rings. The highest BCUT2D eigenvalue weighted by atomic mass is 35.5. The van der Waals surface area contributed by atoms with Gasteiger partial charge in [-0.15, -0.1) is 0 Å². The summed E-state index contributed by atoms with van der Waals surface area (Å²) in [4.78, 5) is 3.84. The first-order valence-corrected chi connectivity index (χ1v) is 5.89. The summed E-state index contributed by atoms with van der Waals surface area (Å²) >= 11 is 5.76. The van der Waals surface area contributed by atoms with Gasteiger partial charge in [-0.1, -0.05) is 11.6 Å². The number of hydrogen-bond acceptors (Lipinski definition) is 3. The molecule has 0 aliphatic heterocycles. The predicted molar refractivity (Wildman–Crippen MR) is 69.1 cm³/mol. The maximum atomic E-state index is 13.7. The van der Waals surface area contributed by atoms with Crippen molar-refractivity contribution in [3.63, 3.8) is 0 Å². The number of halogens is 3. The monoisotopic (exact) mass is 284 g/mol. The Bertz CT molecular complexity index is 607. The van der Waals surface area contributed by atoms with Gasteiger partial charge in [-0.2, -0.15) is 0 Å². The number of nitrogens with two attached hydrogens (primary N) is 1. The summed E-state index contributed by atoms with van der Waals surface area (Å²) < 4.78 is 32.5. The molecule has 3 nitrogen and oxygen atoms in total. The third kappa shape index (κ3) is 2.76. The summed E-state index contributed by atoms with van der Waals surface area (Å²) in [5.74, 6) is -0.883. The summed E-state index contributed by atoms with van der Waals surface area (Å²) in [6.07, 6.45) is 0.706. The van der Waals surface area contributed by atoms with E-state index < -0.39 is 17.7 Å². The molecular weight excluding hydrogens is 274 g/mol. The highest BCUT2D eigenvalue weighted by Crippen LogP contribution is 2.32. The van der Waals surface area contributed by atoms with Crippen molar-refractivity contribution in [3.8, 4) is 5.75 Å². The molecule has 0 unspecified atom stereocenters. The molecule has 1 aromatic carbocycles. The summed E-state index contributed by atoms with van der Waals surface area (Å²) in [6.45, 7) is 1.55. The number of nitrogen functional groups attached to an aromatic ring is 1. The lowest BCUT2D eigenvalue weighted by Crippen LogP contribution is -2.09. The normalized spacial score (nSPS) is 12.2. The largest absolute Gasteiger partial charge is 0.482 e. The van der Waals surface area contributed by atoms with Crippen LogP contribution in [0.3, 0.4) is 0 Å². The number of anilines is 1. The van der Waals surface area contributed by atoms with Gasteiger partial charge < -0.3 is 10.5 Å². The Morgan fingerprint density at radius 1 is 1.26 bits per heavy atom. The highest BCUT2D eigenvalue weighted by Gasteiger charge is 2.20. The van der Waals surface area contributed by atoms with E-state index in [0.717, 1.165) is 12.1 Å². The van der Waals surface area contributed by atoms with Gasteiger partial charge in [0.05, 0.1) is 5.02 Å². The summed E-state index contributed by atoms with van der Waals surface area (Å²) in [5, 5.41) is -0.296. The van der Waals surface area contributed by atoms with Gasteiger partial charge in [-0.25, -0.2) is 13.8 Å². The SMILES string of the molecule is C[C@@H](Oc1cccnc1N)c1c(F)ccc(F)c1Cl. The molecule has 0 saturated carbocycles. The quantitative estimate of drug-likeness (QED) is 0.874. The lowest BCUT2D eigenvalue weighted by molar-refractivity contribution is 0.221. The van der Waals surface area contributed by atoms with Gasteiger partial charge in [-0.3, -0.25) is 0 Å². The fraction of sp³-hybridized carbons (Fsp3) is 0.154. The molecule has 0 amide bonds. The summed E-state index contributed by atoms with van der Waals surface area (Å²) in [5.41, 5.74) is 5.57. The van der Waals surface area contributed by atoms with Crippen molar-refractivity contribution >= 4 is 17.4 Å². The van der Waals surface area contributed by atoms with Crippen LogP contribution in [0.25, 0.3) is 0 Å². The minimum Gasteiger partial charge on any atom is -0.482 e. The van der Waals surface area contributed by atoms with Crippen molar-refractivity contribution < 1.29 is 13.5 Å². The van der Waals surface area contributed by atoms with Crippen molar-refractivity contribution in [1.29, 1.82) is 0 Å². The topological polar surface area (TPSA) is 48.1 Å². The van der Waals surface area contributed by atoms with E-state index in [1.807, 2.05) is 0 Å². The van der Waals surface area contributed by atoms with E-state index in [4.69, 9.17) is 22.1 Å². The van der Waals surface area contributed by atoms with Gasteiger partial charge in [0, 0.05) is 11.8 Å². The van der Waals surface area contributed by atoms with Gasteiger partial charge in [0.15, 0.2) is 11.6 Å². The van der Waals surface area contributed by atoms with E-state index in [2.05, 4.69) is 4.98 Å². The van der Waals surface area contributed by atoms with E-state index in [9.17, 15) is 8.78 Å². The lowest BCUT2D eigenvalue weighted by Gasteiger charge is -2.17. The first-order valence-electron chi connectivity index (χ1n) is 5.51. The maximum absolute atomic E-state index is 13.7. The molecule has 0 aliphatic carbocycles. The number of ether oxygens (including phenoxy) is 1. The lowest BCUT2D eigenvalue weighted by atomic mass is 10.1. The molecule has 0 bridgehead atoms. The van der Waals surface area contributed by atoms with E-state index in [1.54, 1.807) is 19.1 Å². The molecule has 2 rings (SSSR count). The van der Waals surface area contributed by atoms with Crippen LogP contribution in [-0.2, 0) is 0 Å². The van der Waals surface area contributed by atoms with Gasteiger partial charge in [0.2, 0.25) is 0 Å². The van der Waals surface area contributed by atoms with Crippen molar-refractivity contribution in [2.24, 2.45) is 0 Å². The minimum absolute atomic E-state index is 0.0510. The first-order chi connectivity index (χ1) is 9.00. The van der Waals surface area contributed by atoms with Gasteiger partial charge >= 0.3 is 0 Å². The molecule has 1 atom stereocenters. The molecular formula is C13H11ClF2N2O. The van der Waals surface area contributed by atoms with Crippen LogP contribution in [0.1, 0.15) is 18.6 Å². The van der Waals surface area contributed by atoms with E-state index in [1.165, 1.54) is 6.20 Å². The van der Waals surface area contributed by atoms with Gasteiger partial charge in [-0.05, 0) is 31.2 Å². The zero-order chi connectivity index (χ0) is 14.0. The molecule has 0 fully saturated rings. The molecule has 0 aliphatic rings. The standard InChI is InChI=1S/C13H11ClF2N2O/c1-7(19-10-3-2-6-18-13(10)17)11-8(15)4-5-9(16)12(11)14/h2-7H,1H3,(H2,17,18)/t7-/m1/s1. The van der Waals surface area contributed by atoms with Crippen LogP contribution < -0.4 is 10.5 Å². The highest BCUT2D eigenvalue weighted by molar-refractivity contribution is 6.31. The summed E-state index contributed by atoms with van der Waals surface area (Å²) in [7, 11) is 0. The number of hydrogen-bond donors (Lipinski definition) is 1. The second kappa shape index (κ2) is 5.40. The Balaban J connectivity index is 2.33. The molecule has 1 heterocycles. The van der Waals surface area contributed by atoms with Crippen LogP contribution in [0, 0.1) is 11.6 Å². The van der Waals surface area contributed by atoms with Crippen LogP contribution >= 0.6 is 11.6 Å². The van der Waals surface area contributed by atoms with Gasteiger partial charge in [0.25, 0.3) is 0 Å². The summed E-state index contributed by atoms with van der Waals surface area (Å²) in [6, 6.07) is 5.18. The molecule has 2 N–H and O–H groups in total. The van der Waals surface area contributed by atoms with E-state index >= 15 is 0 Å². The second-order valence-electron chi connectivity index (χ2n) is 3.90. The van der Waals surface area contributed by atoms with Crippen LogP contribution in [-0.4, -0.2) is 4.98 Å². The number of benzene rings is 1. The Morgan fingerprint density at radius 3 is 2.63 bits per heavy atom. The fourth-order valence-corrected chi connectivity index (χ4v) is 1.97. The molecule has 0 spiro atoms. The number of pyridine rings is 1. The second-order valence-corrected chi connectivity index (χ2v) is 4.28. The molecule has 100 valence electrons. The van der Waals surface area contributed by atoms with Crippen LogP contribution in [0.5, 0.6) is 5.75 Å². The van der Waals surface area contributed by atoms with Crippen LogP contribution in [0.15, 0.2) is 30.5 Å². The maximum Gasteiger partial charge on any atom is 0.166 e. The third-order valence-corrected chi connectivity index (χ3v) is 2.97. The first kappa shape index (κ1) is 13.5. The van der Waals surface area contributed by atoms with Crippen molar-refractivity contribution in [3.05, 3.63) is 52.7 Å². The average molecular weight is 285 g/mol. The third-order valence-electron chi connectivity index (χ3n) is 2.59. The molecule has 0 saturated heterocycles.